The zero-order valence-corrected chi connectivity index (χ0v) is 15.7. The van der Waals surface area contributed by atoms with Crippen molar-refractivity contribution in [3.8, 4) is 0 Å². The molecule has 0 amide bonds. The van der Waals surface area contributed by atoms with Crippen molar-refractivity contribution in [1.29, 1.82) is 0 Å². The zero-order valence-electron chi connectivity index (χ0n) is 15.7. The van der Waals surface area contributed by atoms with E-state index in [9.17, 15) is 5.21 Å². The predicted molar refractivity (Wildman–Crippen MR) is 89.7 cm³/mol. The van der Waals surface area contributed by atoms with E-state index in [0.717, 1.165) is 25.9 Å². The van der Waals surface area contributed by atoms with Gasteiger partial charge in [0.2, 0.25) is 0 Å². The number of nitrogens with zero attached hydrogens (tertiary/aromatic N) is 2. The summed E-state index contributed by atoms with van der Waals surface area (Å²) in [4.78, 5) is 6.61. The molecule has 2 aliphatic heterocycles. The minimum atomic E-state index is -0.320. The Bertz CT molecular complexity index is 404. The molecule has 0 aromatic carbocycles. The van der Waals surface area contributed by atoms with Gasteiger partial charge in [0.25, 0.3) is 0 Å². The van der Waals surface area contributed by atoms with E-state index in [4.69, 9.17) is 4.84 Å². The van der Waals surface area contributed by atoms with Gasteiger partial charge in [-0.25, -0.2) is 0 Å². The van der Waals surface area contributed by atoms with E-state index < -0.39 is 0 Å². The number of hydroxylamine groups is 4. The molecule has 130 valence electrons. The molecule has 0 radical (unpaired) electrons. The molecule has 4 nitrogen and oxygen atoms in total. The van der Waals surface area contributed by atoms with Gasteiger partial charge >= 0.3 is 0 Å². The van der Waals surface area contributed by atoms with Crippen LogP contribution in [-0.4, -0.2) is 45.1 Å². The summed E-state index contributed by atoms with van der Waals surface area (Å²) in [6.07, 6.45) is 5.45. The maximum absolute atomic E-state index is 10.9. The van der Waals surface area contributed by atoms with Gasteiger partial charge in [-0.15, -0.1) is 0 Å². The summed E-state index contributed by atoms with van der Waals surface area (Å²) in [7, 11) is 0. The van der Waals surface area contributed by atoms with Gasteiger partial charge in [-0.1, -0.05) is 27.2 Å². The van der Waals surface area contributed by atoms with Gasteiger partial charge in [-0.2, -0.15) is 10.1 Å². The molecule has 0 bridgehead atoms. The van der Waals surface area contributed by atoms with Crippen molar-refractivity contribution in [3.05, 3.63) is 0 Å². The SMILES string of the molecule is CCC1(C)N(O)C(C)(C)CC(C)(ON2CCCCC2)C1(C)C. The molecule has 4 heteroatoms. The van der Waals surface area contributed by atoms with Gasteiger partial charge in [0, 0.05) is 24.0 Å². The van der Waals surface area contributed by atoms with Crippen LogP contribution in [0.4, 0.5) is 0 Å². The van der Waals surface area contributed by atoms with E-state index >= 15 is 0 Å². The Balaban J connectivity index is 2.35. The third-order valence-electron chi connectivity index (χ3n) is 6.81. The van der Waals surface area contributed by atoms with Crippen LogP contribution in [0, 0.1) is 5.41 Å². The van der Waals surface area contributed by atoms with Gasteiger partial charge < -0.3 is 5.21 Å². The second-order valence-electron chi connectivity index (χ2n) is 8.87. The van der Waals surface area contributed by atoms with Gasteiger partial charge in [0.1, 0.15) is 0 Å². The van der Waals surface area contributed by atoms with Crippen molar-refractivity contribution in [1.82, 2.24) is 10.1 Å². The maximum Gasteiger partial charge on any atom is 0.0958 e. The van der Waals surface area contributed by atoms with Crippen LogP contribution < -0.4 is 0 Å². The second kappa shape index (κ2) is 5.73. The van der Waals surface area contributed by atoms with Crippen molar-refractivity contribution in [2.75, 3.05) is 13.1 Å². The molecule has 0 aromatic heterocycles. The smallest absolute Gasteiger partial charge is 0.0958 e. The lowest BCUT2D eigenvalue weighted by Gasteiger charge is -2.66. The minimum Gasteiger partial charge on any atom is -0.313 e. The fourth-order valence-electron chi connectivity index (χ4n) is 4.60. The van der Waals surface area contributed by atoms with Gasteiger partial charge in [-0.3, -0.25) is 4.84 Å². The first-order valence-electron chi connectivity index (χ1n) is 8.93. The average Bonchev–Trinajstić information content (AvgIpc) is 2.44. The largest absolute Gasteiger partial charge is 0.313 e. The molecule has 2 heterocycles. The summed E-state index contributed by atoms with van der Waals surface area (Å²) in [5, 5.41) is 14.7. The van der Waals surface area contributed by atoms with Crippen LogP contribution in [-0.2, 0) is 4.84 Å². The van der Waals surface area contributed by atoms with E-state index in [1.807, 2.05) is 0 Å². The lowest BCUT2D eigenvalue weighted by molar-refractivity contribution is -0.374. The molecule has 2 saturated heterocycles. The van der Waals surface area contributed by atoms with Gasteiger partial charge in [0.05, 0.1) is 11.1 Å². The Kier molecular flexibility index (Phi) is 4.73. The number of hydrogen-bond donors (Lipinski definition) is 1. The highest BCUT2D eigenvalue weighted by Crippen LogP contribution is 2.57. The van der Waals surface area contributed by atoms with Crippen LogP contribution in [0.25, 0.3) is 0 Å². The highest BCUT2D eigenvalue weighted by Gasteiger charge is 2.64. The van der Waals surface area contributed by atoms with Gasteiger partial charge in [-0.05, 0) is 53.4 Å². The highest BCUT2D eigenvalue weighted by molar-refractivity contribution is 5.14. The first-order chi connectivity index (χ1) is 10.0. The molecular formula is C18H36N2O2. The summed E-state index contributed by atoms with van der Waals surface area (Å²) in [6, 6.07) is 0. The van der Waals surface area contributed by atoms with Crippen molar-refractivity contribution in [2.45, 2.75) is 97.2 Å². The topological polar surface area (TPSA) is 35.9 Å². The monoisotopic (exact) mass is 312 g/mol. The molecule has 2 rings (SSSR count). The molecule has 0 aromatic rings. The summed E-state index contributed by atoms with van der Waals surface area (Å²) < 4.78 is 0. The molecule has 0 spiro atoms. The quantitative estimate of drug-likeness (QED) is 0.846. The fraction of sp³-hybridized carbons (Fsp3) is 1.00. The van der Waals surface area contributed by atoms with Crippen molar-refractivity contribution in [2.24, 2.45) is 5.41 Å². The van der Waals surface area contributed by atoms with Crippen LogP contribution in [0.1, 0.15) is 80.6 Å². The molecule has 2 atom stereocenters. The van der Waals surface area contributed by atoms with E-state index in [-0.39, 0.29) is 22.1 Å². The molecule has 2 fully saturated rings. The molecule has 0 saturated carbocycles. The van der Waals surface area contributed by atoms with Crippen molar-refractivity contribution >= 4 is 0 Å². The van der Waals surface area contributed by atoms with Crippen molar-refractivity contribution < 1.29 is 10.0 Å². The number of hydrogen-bond acceptors (Lipinski definition) is 4. The van der Waals surface area contributed by atoms with E-state index in [0.29, 0.717) is 0 Å². The lowest BCUT2D eigenvalue weighted by atomic mass is 9.55. The molecule has 1 N–H and O–H groups in total. The highest BCUT2D eigenvalue weighted by atomic mass is 16.7. The first kappa shape index (κ1) is 18.2. The third kappa shape index (κ3) is 2.62. The minimum absolute atomic E-state index is 0.170. The maximum atomic E-state index is 10.9. The van der Waals surface area contributed by atoms with Crippen LogP contribution in [0.5, 0.6) is 0 Å². The molecule has 22 heavy (non-hydrogen) atoms. The average molecular weight is 312 g/mol. The molecule has 2 unspecified atom stereocenters. The molecule has 0 aliphatic carbocycles. The van der Waals surface area contributed by atoms with Crippen molar-refractivity contribution in [3.63, 3.8) is 0 Å². The lowest BCUT2D eigenvalue weighted by Crippen LogP contribution is -2.75. The molecular weight excluding hydrogens is 276 g/mol. The number of rotatable bonds is 3. The fourth-order valence-corrected chi connectivity index (χ4v) is 4.60. The van der Waals surface area contributed by atoms with Crippen LogP contribution >= 0.6 is 0 Å². The number of piperidine rings is 2. The van der Waals surface area contributed by atoms with E-state index in [1.165, 1.54) is 19.3 Å². The zero-order chi connectivity index (χ0) is 16.8. The van der Waals surface area contributed by atoms with Crippen LogP contribution in [0.2, 0.25) is 0 Å². The Morgan fingerprint density at radius 1 is 0.955 bits per heavy atom. The Hall–Kier alpha value is -0.160. The Morgan fingerprint density at radius 2 is 1.50 bits per heavy atom. The second-order valence-corrected chi connectivity index (χ2v) is 8.87. The standard InChI is InChI=1S/C18H36N2O2/c1-8-17(6)16(4,5)18(7,14-15(2,3)20(17)21)22-19-12-10-9-11-13-19/h21H,8-14H2,1-7H3. The molecule has 2 aliphatic rings. The predicted octanol–water partition coefficient (Wildman–Crippen LogP) is 4.23. The summed E-state index contributed by atoms with van der Waals surface area (Å²) in [6.45, 7) is 17.4. The van der Waals surface area contributed by atoms with Crippen LogP contribution in [0.3, 0.4) is 0 Å². The summed E-state index contributed by atoms with van der Waals surface area (Å²) >= 11 is 0. The van der Waals surface area contributed by atoms with E-state index in [2.05, 4.69) is 53.5 Å². The van der Waals surface area contributed by atoms with Crippen LogP contribution in [0.15, 0.2) is 0 Å². The summed E-state index contributed by atoms with van der Waals surface area (Å²) in [5.41, 5.74) is -1.08. The third-order valence-corrected chi connectivity index (χ3v) is 6.81. The van der Waals surface area contributed by atoms with Gasteiger partial charge in [0.15, 0.2) is 0 Å². The van der Waals surface area contributed by atoms with E-state index in [1.54, 1.807) is 5.06 Å². The summed E-state index contributed by atoms with van der Waals surface area (Å²) in [5.74, 6) is 0. The Morgan fingerprint density at radius 3 is 2.00 bits per heavy atom. The Labute approximate surface area is 136 Å². The first-order valence-corrected chi connectivity index (χ1v) is 8.93. The normalized spacial score (nSPS) is 39.8.